The van der Waals surface area contributed by atoms with Crippen LogP contribution >= 0.6 is 0 Å². The smallest absolute Gasteiger partial charge is 0.270 e. The molecule has 1 aromatic rings. The molecule has 0 spiro atoms. The van der Waals surface area contributed by atoms with E-state index < -0.39 is 6.08 Å². The summed E-state index contributed by atoms with van der Waals surface area (Å²) in [6.07, 6.45) is 10.0. The summed E-state index contributed by atoms with van der Waals surface area (Å²) in [6.45, 7) is 2.93. The van der Waals surface area contributed by atoms with Crippen molar-refractivity contribution in [2.24, 2.45) is 11.8 Å². The fourth-order valence-electron chi connectivity index (χ4n) is 4.88. The molecule has 3 rings (SSSR count). The van der Waals surface area contributed by atoms with E-state index in [1.165, 1.54) is 56.9 Å². The van der Waals surface area contributed by atoms with Gasteiger partial charge in [-0.2, -0.15) is 8.78 Å². The maximum atomic E-state index is 12.3. The summed E-state index contributed by atoms with van der Waals surface area (Å²) in [4.78, 5) is 0. The average Bonchev–Trinajstić information content (AvgIpc) is 2.63. The number of benzene rings is 1. The first-order valence-electron chi connectivity index (χ1n) is 9.90. The van der Waals surface area contributed by atoms with Gasteiger partial charge in [0.05, 0.1) is 6.10 Å². The first-order chi connectivity index (χ1) is 12.2. The van der Waals surface area contributed by atoms with Gasteiger partial charge in [0.15, 0.2) is 0 Å². The number of ether oxygens (including phenoxy) is 1. The molecule has 0 saturated heterocycles. The van der Waals surface area contributed by atoms with Crippen LogP contribution in [0.1, 0.15) is 75.3 Å². The fourth-order valence-corrected chi connectivity index (χ4v) is 4.88. The highest BCUT2D eigenvalue weighted by Crippen LogP contribution is 2.43. The summed E-state index contributed by atoms with van der Waals surface area (Å²) in [7, 11) is 0. The van der Waals surface area contributed by atoms with E-state index in [9.17, 15) is 8.78 Å². The summed E-state index contributed by atoms with van der Waals surface area (Å²) < 4.78 is 30.4. The summed E-state index contributed by atoms with van der Waals surface area (Å²) in [5.41, 5.74) is 1.90. The third kappa shape index (κ3) is 5.13. The van der Waals surface area contributed by atoms with Crippen LogP contribution in [0.3, 0.4) is 0 Å². The second-order valence-electron chi connectivity index (χ2n) is 7.70. The zero-order valence-corrected chi connectivity index (χ0v) is 15.2. The van der Waals surface area contributed by atoms with Gasteiger partial charge in [0.25, 0.3) is 6.08 Å². The van der Waals surface area contributed by atoms with E-state index in [1.54, 1.807) is 0 Å². The van der Waals surface area contributed by atoms with Crippen LogP contribution in [0.2, 0.25) is 0 Å². The summed E-state index contributed by atoms with van der Waals surface area (Å²) in [5, 5.41) is 0. The highest BCUT2D eigenvalue weighted by molar-refractivity contribution is 5.50. The zero-order valence-electron chi connectivity index (χ0n) is 15.2. The van der Waals surface area contributed by atoms with Gasteiger partial charge in [-0.05, 0) is 87.2 Å². The lowest BCUT2D eigenvalue weighted by molar-refractivity contribution is 0.0146. The number of rotatable bonds is 5. The van der Waals surface area contributed by atoms with Crippen molar-refractivity contribution in [3.8, 4) is 0 Å². The van der Waals surface area contributed by atoms with E-state index in [2.05, 4.69) is 6.92 Å². The van der Waals surface area contributed by atoms with Crippen molar-refractivity contribution in [1.29, 1.82) is 0 Å². The average molecular weight is 348 g/mol. The quantitative estimate of drug-likeness (QED) is 0.569. The fraction of sp³-hybridized carbons (Fsp3) is 0.636. The molecule has 138 valence electrons. The van der Waals surface area contributed by atoms with Crippen LogP contribution in [0.25, 0.3) is 6.08 Å². The molecule has 0 radical (unpaired) electrons. The maximum absolute atomic E-state index is 12.3. The second kappa shape index (κ2) is 8.93. The molecule has 2 fully saturated rings. The molecule has 1 nitrogen and oxygen atoms in total. The number of hydrogen-bond acceptors (Lipinski definition) is 1. The van der Waals surface area contributed by atoms with E-state index in [1.807, 2.05) is 24.3 Å². The van der Waals surface area contributed by atoms with Gasteiger partial charge in [0, 0.05) is 12.7 Å². The Morgan fingerprint density at radius 1 is 0.920 bits per heavy atom. The monoisotopic (exact) mass is 348 g/mol. The number of hydrogen-bond donors (Lipinski definition) is 0. The van der Waals surface area contributed by atoms with Gasteiger partial charge in [-0.25, -0.2) is 0 Å². The standard InChI is InChI=1S/C22H30F2O/c1-2-25-21-13-11-20(12-14-21)19-9-7-18(8-10-19)17-5-3-16(4-6-17)15-22(23)24/h3-6,15,18-21H,2,7-14H2,1H3/t18-,19-,20-,21-. The van der Waals surface area contributed by atoms with Crippen molar-refractivity contribution in [2.75, 3.05) is 6.61 Å². The van der Waals surface area contributed by atoms with Crippen molar-refractivity contribution in [3.05, 3.63) is 41.5 Å². The van der Waals surface area contributed by atoms with Crippen LogP contribution in [0.5, 0.6) is 0 Å². The molecule has 0 atom stereocenters. The van der Waals surface area contributed by atoms with Crippen LogP contribution in [0.4, 0.5) is 8.78 Å². The first-order valence-corrected chi connectivity index (χ1v) is 9.90. The van der Waals surface area contributed by atoms with Crippen LogP contribution in [0.15, 0.2) is 30.3 Å². The largest absolute Gasteiger partial charge is 0.379 e. The Balaban J connectivity index is 1.48. The van der Waals surface area contributed by atoms with Crippen molar-refractivity contribution < 1.29 is 13.5 Å². The molecule has 0 aromatic heterocycles. The highest BCUT2D eigenvalue weighted by atomic mass is 19.3. The van der Waals surface area contributed by atoms with Crippen molar-refractivity contribution in [1.82, 2.24) is 0 Å². The Morgan fingerprint density at radius 3 is 2.00 bits per heavy atom. The molecule has 0 aliphatic heterocycles. The van der Waals surface area contributed by atoms with Gasteiger partial charge in [-0.3, -0.25) is 0 Å². The highest BCUT2D eigenvalue weighted by Gasteiger charge is 2.31. The van der Waals surface area contributed by atoms with Crippen molar-refractivity contribution in [2.45, 2.75) is 70.3 Å². The van der Waals surface area contributed by atoms with E-state index in [0.29, 0.717) is 17.6 Å². The van der Waals surface area contributed by atoms with Crippen LogP contribution in [0, 0.1) is 11.8 Å². The van der Waals surface area contributed by atoms with Gasteiger partial charge >= 0.3 is 0 Å². The lowest BCUT2D eigenvalue weighted by atomic mass is 9.69. The topological polar surface area (TPSA) is 9.23 Å². The Labute approximate surface area is 150 Å². The molecule has 1 aromatic carbocycles. The predicted molar refractivity (Wildman–Crippen MR) is 98.7 cm³/mol. The maximum Gasteiger partial charge on any atom is 0.270 e. The predicted octanol–water partition coefficient (Wildman–Crippen LogP) is 6.79. The van der Waals surface area contributed by atoms with E-state index in [-0.39, 0.29) is 0 Å². The first kappa shape index (κ1) is 18.6. The SMILES string of the molecule is CCO[C@H]1CC[C@H]([C@H]2CC[C@H](c3ccc(C=C(F)F)cc3)CC2)CC1. The third-order valence-corrected chi connectivity index (χ3v) is 6.24. The van der Waals surface area contributed by atoms with E-state index in [0.717, 1.165) is 24.5 Å². The molecule has 0 bridgehead atoms. The normalized spacial score (nSPS) is 30.0. The zero-order chi connectivity index (χ0) is 17.6. The van der Waals surface area contributed by atoms with E-state index >= 15 is 0 Å². The van der Waals surface area contributed by atoms with Gasteiger partial charge in [0.2, 0.25) is 0 Å². The lowest BCUT2D eigenvalue weighted by Gasteiger charge is -2.37. The Hall–Kier alpha value is -1.22. The Kier molecular flexibility index (Phi) is 6.63. The number of halogens is 2. The molecule has 25 heavy (non-hydrogen) atoms. The molecule has 2 aliphatic carbocycles. The molecule has 0 N–H and O–H groups in total. The van der Waals surface area contributed by atoms with Crippen molar-refractivity contribution in [3.63, 3.8) is 0 Å². The van der Waals surface area contributed by atoms with Crippen LogP contribution in [-0.4, -0.2) is 12.7 Å². The van der Waals surface area contributed by atoms with Crippen LogP contribution < -0.4 is 0 Å². The molecule has 0 unspecified atom stereocenters. The summed E-state index contributed by atoms with van der Waals surface area (Å²) in [6, 6.07) is 7.70. The second-order valence-corrected chi connectivity index (χ2v) is 7.70. The third-order valence-electron chi connectivity index (χ3n) is 6.24. The van der Waals surface area contributed by atoms with E-state index in [4.69, 9.17) is 4.74 Å². The molecule has 2 saturated carbocycles. The molecule has 2 aliphatic rings. The molecule has 3 heteroatoms. The minimum absolute atomic E-state index is 0.499. The minimum Gasteiger partial charge on any atom is -0.379 e. The summed E-state index contributed by atoms with van der Waals surface area (Å²) in [5.74, 6) is 2.36. The molecular formula is C22H30F2O. The van der Waals surface area contributed by atoms with Crippen molar-refractivity contribution >= 4 is 6.08 Å². The minimum atomic E-state index is -1.63. The summed E-state index contributed by atoms with van der Waals surface area (Å²) >= 11 is 0. The van der Waals surface area contributed by atoms with Gasteiger partial charge in [-0.15, -0.1) is 0 Å². The Morgan fingerprint density at radius 2 is 1.48 bits per heavy atom. The molecule has 0 amide bonds. The Bertz CT molecular complexity index is 546. The van der Waals surface area contributed by atoms with Gasteiger partial charge in [-0.1, -0.05) is 24.3 Å². The lowest BCUT2D eigenvalue weighted by Crippen LogP contribution is -2.28. The van der Waals surface area contributed by atoms with Crippen LogP contribution in [-0.2, 0) is 4.74 Å². The van der Waals surface area contributed by atoms with Gasteiger partial charge < -0.3 is 4.74 Å². The molecular weight excluding hydrogens is 318 g/mol. The van der Waals surface area contributed by atoms with Gasteiger partial charge in [0.1, 0.15) is 0 Å². The molecule has 0 heterocycles.